The van der Waals surface area contributed by atoms with Crippen LogP contribution in [0.5, 0.6) is 0 Å². The Hall–Kier alpha value is -2.51. The highest BCUT2D eigenvalue weighted by atomic mass is 32.2. The van der Waals surface area contributed by atoms with Crippen LogP contribution in [0.25, 0.3) is 0 Å². The Labute approximate surface area is 202 Å². The molecule has 0 bridgehead atoms. The summed E-state index contributed by atoms with van der Waals surface area (Å²) in [6.45, 7) is 6.01. The van der Waals surface area contributed by atoms with E-state index in [1.165, 1.54) is 5.56 Å². The minimum atomic E-state index is -0.157. The predicted octanol–water partition coefficient (Wildman–Crippen LogP) is 4.82. The molecule has 7 heteroatoms. The zero-order chi connectivity index (χ0) is 23.5. The van der Waals surface area contributed by atoms with Crippen molar-refractivity contribution >= 4 is 29.4 Å². The number of rotatable bonds is 10. The first-order valence-electron chi connectivity index (χ1n) is 11.8. The van der Waals surface area contributed by atoms with Crippen LogP contribution in [0, 0.1) is 0 Å². The summed E-state index contributed by atoms with van der Waals surface area (Å²) in [5, 5.41) is 6.12. The molecule has 3 rings (SSSR count). The van der Waals surface area contributed by atoms with Gasteiger partial charge < -0.3 is 15.5 Å². The van der Waals surface area contributed by atoms with Crippen molar-refractivity contribution in [1.82, 2.24) is 15.1 Å². The molecule has 33 heavy (non-hydrogen) atoms. The lowest BCUT2D eigenvalue weighted by molar-refractivity contribution is -0.122. The van der Waals surface area contributed by atoms with E-state index >= 15 is 0 Å². The first kappa shape index (κ1) is 25.1. The first-order valence-corrected chi connectivity index (χ1v) is 13.1. The van der Waals surface area contributed by atoms with Crippen molar-refractivity contribution in [2.24, 2.45) is 0 Å². The molecule has 1 fully saturated rings. The van der Waals surface area contributed by atoms with Crippen LogP contribution >= 0.6 is 11.8 Å². The fraction of sp³-hybridized carbons (Fsp3) is 0.462. The highest BCUT2D eigenvalue weighted by Crippen LogP contribution is 2.18. The average molecular weight is 469 g/mol. The number of likely N-dealkylation sites (tertiary alicyclic amines) is 1. The fourth-order valence-corrected chi connectivity index (χ4v) is 4.48. The van der Waals surface area contributed by atoms with Gasteiger partial charge in [0, 0.05) is 55.8 Å². The molecule has 3 amide bonds. The van der Waals surface area contributed by atoms with E-state index in [-0.39, 0.29) is 18.0 Å². The molecule has 1 saturated heterocycles. The third-order valence-corrected chi connectivity index (χ3v) is 6.68. The van der Waals surface area contributed by atoms with Crippen molar-refractivity contribution in [1.29, 1.82) is 0 Å². The number of thioether (sulfide) groups is 1. The summed E-state index contributed by atoms with van der Waals surface area (Å²) in [7, 11) is 0. The molecule has 1 aliphatic heterocycles. The van der Waals surface area contributed by atoms with Crippen LogP contribution in [0.3, 0.4) is 0 Å². The van der Waals surface area contributed by atoms with Crippen molar-refractivity contribution in [3.8, 4) is 0 Å². The normalized spacial score (nSPS) is 14.6. The smallest absolute Gasteiger partial charge is 0.321 e. The maximum atomic E-state index is 12.7. The SMILES string of the molecule is CCCN(CCC(=O)NC1CCN(Cc2ccccc2)CC1)C(=O)Nc1ccc(SC)cc1. The number of hydrogen-bond donors (Lipinski definition) is 2. The van der Waals surface area contributed by atoms with Crippen LogP contribution in [0.15, 0.2) is 59.5 Å². The fourth-order valence-electron chi connectivity index (χ4n) is 4.08. The summed E-state index contributed by atoms with van der Waals surface area (Å²) >= 11 is 1.67. The Morgan fingerprint density at radius 1 is 1.03 bits per heavy atom. The third-order valence-electron chi connectivity index (χ3n) is 5.93. The minimum Gasteiger partial charge on any atom is -0.353 e. The monoisotopic (exact) mass is 468 g/mol. The van der Waals surface area contributed by atoms with Gasteiger partial charge in [0.2, 0.25) is 5.91 Å². The molecule has 6 nitrogen and oxygen atoms in total. The number of hydrogen-bond acceptors (Lipinski definition) is 4. The van der Waals surface area contributed by atoms with Gasteiger partial charge in [-0.1, -0.05) is 37.3 Å². The van der Waals surface area contributed by atoms with Gasteiger partial charge in [0.05, 0.1) is 0 Å². The Kier molecular flexibility index (Phi) is 10.1. The Balaban J connectivity index is 1.39. The van der Waals surface area contributed by atoms with Gasteiger partial charge in [-0.3, -0.25) is 9.69 Å². The molecule has 2 N–H and O–H groups in total. The lowest BCUT2D eigenvalue weighted by atomic mass is 10.0. The lowest BCUT2D eigenvalue weighted by Crippen LogP contribution is -2.45. The number of nitrogens with zero attached hydrogens (tertiary/aromatic N) is 2. The van der Waals surface area contributed by atoms with Crippen molar-refractivity contribution in [2.75, 3.05) is 37.8 Å². The van der Waals surface area contributed by atoms with Crippen LogP contribution in [0.4, 0.5) is 10.5 Å². The molecule has 1 heterocycles. The predicted molar refractivity (Wildman–Crippen MR) is 137 cm³/mol. The second-order valence-corrected chi connectivity index (χ2v) is 9.38. The zero-order valence-corrected chi connectivity index (χ0v) is 20.6. The molecule has 2 aromatic rings. The van der Waals surface area contributed by atoms with Crippen LogP contribution in [-0.4, -0.2) is 60.2 Å². The maximum absolute atomic E-state index is 12.7. The van der Waals surface area contributed by atoms with Crippen molar-refractivity contribution in [2.45, 2.75) is 50.1 Å². The molecule has 178 valence electrons. The number of carbonyl (C=O) groups excluding carboxylic acids is 2. The van der Waals surface area contributed by atoms with Gasteiger partial charge in [0.15, 0.2) is 0 Å². The van der Waals surface area contributed by atoms with Crippen molar-refractivity contribution < 1.29 is 9.59 Å². The minimum absolute atomic E-state index is 0.0229. The lowest BCUT2D eigenvalue weighted by Gasteiger charge is -2.32. The van der Waals surface area contributed by atoms with E-state index in [4.69, 9.17) is 0 Å². The Bertz CT molecular complexity index is 868. The summed E-state index contributed by atoms with van der Waals surface area (Å²) in [6, 6.07) is 18.4. The number of amides is 3. The van der Waals surface area contributed by atoms with Crippen LogP contribution in [0.1, 0.15) is 38.2 Å². The summed E-state index contributed by atoms with van der Waals surface area (Å²) < 4.78 is 0. The number of piperidine rings is 1. The zero-order valence-electron chi connectivity index (χ0n) is 19.8. The van der Waals surface area contributed by atoms with Gasteiger partial charge >= 0.3 is 6.03 Å². The van der Waals surface area contributed by atoms with E-state index in [2.05, 4.69) is 39.8 Å². The molecule has 0 spiro atoms. The van der Waals surface area contributed by atoms with Crippen molar-refractivity contribution in [3.05, 3.63) is 60.2 Å². The highest BCUT2D eigenvalue weighted by molar-refractivity contribution is 7.98. The number of anilines is 1. The van der Waals surface area contributed by atoms with Crippen LogP contribution < -0.4 is 10.6 Å². The van der Waals surface area contributed by atoms with E-state index in [0.29, 0.717) is 19.5 Å². The molecule has 0 radical (unpaired) electrons. The van der Waals surface area contributed by atoms with E-state index in [1.54, 1.807) is 16.7 Å². The average Bonchev–Trinajstić information content (AvgIpc) is 2.84. The highest BCUT2D eigenvalue weighted by Gasteiger charge is 2.21. The maximum Gasteiger partial charge on any atom is 0.321 e. The third kappa shape index (κ3) is 8.41. The van der Waals surface area contributed by atoms with Gasteiger partial charge in [0.1, 0.15) is 0 Å². The molecular weight excluding hydrogens is 432 g/mol. The second kappa shape index (κ2) is 13.3. The number of carbonyl (C=O) groups is 2. The summed E-state index contributed by atoms with van der Waals surface area (Å²) in [4.78, 5) is 30.6. The Morgan fingerprint density at radius 3 is 2.36 bits per heavy atom. The second-order valence-electron chi connectivity index (χ2n) is 8.50. The molecule has 0 atom stereocenters. The van der Waals surface area contributed by atoms with Crippen LogP contribution in [0.2, 0.25) is 0 Å². The van der Waals surface area contributed by atoms with E-state index in [0.717, 1.165) is 49.5 Å². The van der Waals surface area contributed by atoms with E-state index < -0.39 is 0 Å². The van der Waals surface area contributed by atoms with Crippen LogP contribution in [-0.2, 0) is 11.3 Å². The molecule has 0 aliphatic carbocycles. The van der Waals surface area contributed by atoms with Gasteiger partial charge in [-0.2, -0.15) is 0 Å². The largest absolute Gasteiger partial charge is 0.353 e. The van der Waals surface area contributed by atoms with Gasteiger partial charge in [0.25, 0.3) is 0 Å². The van der Waals surface area contributed by atoms with Crippen molar-refractivity contribution in [3.63, 3.8) is 0 Å². The molecule has 1 aliphatic rings. The molecular formula is C26H36N4O2S. The molecule has 2 aromatic carbocycles. The number of urea groups is 1. The number of nitrogens with one attached hydrogen (secondary N) is 2. The van der Waals surface area contributed by atoms with Gasteiger partial charge in [-0.25, -0.2) is 4.79 Å². The standard InChI is InChI=1S/C26H36N4O2S/c1-3-16-30(26(32)28-22-9-11-24(33-2)12-10-22)19-15-25(31)27-23-13-17-29(18-14-23)20-21-7-5-4-6-8-21/h4-12,23H,3,13-20H2,1-2H3,(H,27,31)(H,28,32). The first-order chi connectivity index (χ1) is 16.1. The topological polar surface area (TPSA) is 64.7 Å². The molecule has 0 aromatic heterocycles. The van der Waals surface area contributed by atoms with Gasteiger partial charge in [-0.15, -0.1) is 11.8 Å². The summed E-state index contributed by atoms with van der Waals surface area (Å²) in [5.74, 6) is 0.0229. The molecule has 0 saturated carbocycles. The summed E-state index contributed by atoms with van der Waals surface area (Å²) in [6.07, 6.45) is 5.12. The van der Waals surface area contributed by atoms with E-state index in [9.17, 15) is 9.59 Å². The molecule has 0 unspecified atom stereocenters. The summed E-state index contributed by atoms with van der Waals surface area (Å²) in [5.41, 5.74) is 2.10. The quantitative estimate of drug-likeness (QED) is 0.491. The van der Waals surface area contributed by atoms with E-state index in [1.807, 2.05) is 43.5 Å². The number of benzene rings is 2. The Morgan fingerprint density at radius 2 is 1.73 bits per heavy atom. The van der Waals surface area contributed by atoms with Gasteiger partial charge in [-0.05, 0) is 55.3 Å².